The molecular weight excluding hydrogens is 544 g/mol. The summed E-state index contributed by atoms with van der Waals surface area (Å²) in [5.74, 6) is -0.406. The van der Waals surface area contributed by atoms with Crippen LogP contribution in [-0.2, 0) is 36.5 Å². The van der Waals surface area contributed by atoms with E-state index in [9.17, 15) is 11.0 Å². The summed E-state index contributed by atoms with van der Waals surface area (Å²) < 4.78 is 28.0. The molecule has 0 radical (unpaired) electrons. The number of ether oxygens (including phenoxy) is 2. The van der Waals surface area contributed by atoms with Crippen molar-refractivity contribution in [1.29, 1.82) is 0 Å². The molecule has 7 nitrogen and oxygen atoms in total. The third-order valence-corrected chi connectivity index (χ3v) is 12.4. The molecular formula is C34H60N2O5Si. The molecule has 0 bridgehead atoms. The molecule has 1 aromatic heterocycles. The third kappa shape index (κ3) is 14.8. The number of hydrogen-bond acceptors (Lipinski definition) is 6. The van der Waals surface area contributed by atoms with Crippen molar-refractivity contribution >= 4 is 26.3 Å². The zero-order chi connectivity index (χ0) is 32.5. The Bertz CT molecular complexity index is 1040. The van der Waals surface area contributed by atoms with Crippen LogP contribution in [0.25, 0.3) is 6.08 Å². The SMILES string of the molecule is [3H]C(/C=C/c1nn(CCCCCCOC(C)=O)c(C)c1C/C=C\CCCC(=O)OC)(CCCCC)O[Si](C)(C)C(C)(C)C. The fraction of sp³-hybridized carbons (Fsp3) is 0.735. The van der Waals surface area contributed by atoms with E-state index in [-0.39, 0.29) is 17.0 Å². The lowest BCUT2D eigenvalue weighted by Crippen LogP contribution is -2.43. The highest BCUT2D eigenvalue weighted by Gasteiger charge is 2.38. The molecule has 0 N–H and O–H groups in total. The number of nitrogens with zero attached hydrogens (tertiary/aromatic N) is 2. The number of carbonyl (C=O) groups excluding carboxylic acids is 2. The van der Waals surface area contributed by atoms with Crippen molar-refractivity contribution in [2.45, 2.75) is 149 Å². The molecule has 0 aliphatic carbocycles. The molecule has 1 heterocycles. The van der Waals surface area contributed by atoms with Gasteiger partial charge in [-0.05, 0) is 76.1 Å². The van der Waals surface area contributed by atoms with Crippen molar-refractivity contribution in [3.63, 3.8) is 0 Å². The minimum absolute atomic E-state index is 0.0120. The maximum Gasteiger partial charge on any atom is 0.305 e. The van der Waals surface area contributed by atoms with Gasteiger partial charge in [-0.15, -0.1) is 0 Å². The van der Waals surface area contributed by atoms with Gasteiger partial charge in [0.05, 0.1) is 26.9 Å². The molecule has 0 fully saturated rings. The molecule has 240 valence electrons. The lowest BCUT2D eigenvalue weighted by atomic mass is 10.1. The summed E-state index contributed by atoms with van der Waals surface area (Å²) in [5, 5.41) is 5.01. The van der Waals surface area contributed by atoms with Crippen molar-refractivity contribution in [2.24, 2.45) is 0 Å². The first-order valence-electron chi connectivity index (χ1n) is 16.5. The van der Waals surface area contributed by atoms with Crippen LogP contribution in [0.5, 0.6) is 0 Å². The van der Waals surface area contributed by atoms with Crippen LogP contribution < -0.4 is 0 Å². The highest BCUT2D eigenvalue weighted by atomic mass is 28.4. The second kappa shape index (κ2) is 19.9. The van der Waals surface area contributed by atoms with Crippen molar-refractivity contribution in [2.75, 3.05) is 13.7 Å². The van der Waals surface area contributed by atoms with Crippen molar-refractivity contribution in [3.8, 4) is 0 Å². The van der Waals surface area contributed by atoms with Gasteiger partial charge >= 0.3 is 11.9 Å². The molecule has 42 heavy (non-hydrogen) atoms. The molecule has 1 rings (SSSR count). The highest BCUT2D eigenvalue weighted by molar-refractivity contribution is 6.74. The van der Waals surface area contributed by atoms with Gasteiger partial charge < -0.3 is 13.9 Å². The molecule has 1 aromatic rings. The minimum atomic E-state index is -2.18. The van der Waals surface area contributed by atoms with Gasteiger partial charge in [-0.3, -0.25) is 14.3 Å². The fourth-order valence-electron chi connectivity index (χ4n) is 4.30. The second-order valence-corrected chi connectivity index (χ2v) is 17.4. The standard InChI is InChI=1S/C34H60N2O5Si/c1-10-11-16-21-30(41-42(8,9)34(4,5)6)24-25-32-31(22-17-12-13-18-23-33(38)39-7)28(2)36(35-32)26-19-14-15-20-27-40-29(3)37/h12,17,24-25,30H,10-11,13-16,18-23,26-27H2,1-9H3/b17-12-,25-24+/i30T. The largest absolute Gasteiger partial charge is 0.469 e. The predicted molar refractivity (Wildman–Crippen MR) is 176 cm³/mol. The summed E-state index contributed by atoms with van der Waals surface area (Å²) in [7, 11) is -0.757. The number of rotatable bonds is 21. The van der Waals surface area contributed by atoms with E-state index in [0.717, 1.165) is 87.7 Å². The van der Waals surface area contributed by atoms with Crippen LogP contribution in [0.15, 0.2) is 18.2 Å². The van der Waals surface area contributed by atoms with E-state index in [0.29, 0.717) is 19.4 Å². The molecule has 0 spiro atoms. The van der Waals surface area contributed by atoms with Gasteiger partial charge in [-0.1, -0.05) is 71.6 Å². The van der Waals surface area contributed by atoms with Crippen LogP contribution in [0.2, 0.25) is 18.1 Å². The monoisotopic (exact) mass is 606 g/mol. The zero-order valence-electron chi connectivity index (χ0n) is 29.1. The number of allylic oxidation sites excluding steroid dienone is 2. The molecule has 0 aliphatic rings. The second-order valence-electron chi connectivity index (χ2n) is 12.7. The van der Waals surface area contributed by atoms with E-state index in [1.807, 2.05) is 12.2 Å². The first kappa shape index (κ1) is 36.0. The summed E-state index contributed by atoms with van der Waals surface area (Å²) in [4.78, 5) is 22.4. The maximum atomic E-state index is 11.4. The molecule has 0 aliphatic heterocycles. The maximum absolute atomic E-state index is 11.4. The summed E-state index contributed by atoms with van der Waals surface area (Å²) in [5.41, 5.74) is 3.17. The fourth-order valence-corrected chi connectivity index (χ4v) is 5.43. The Balaban J connectivity index is 3.16. The van der Waals surface area contributed by atoms with E-state index < -0.39 is 14.4 Å². The van der Waals surface area contributed by atoms with Crippen LogP contribution in [-0.4, -0.2) is 49.8 Å². The van der Waals surface area contributed by atoms with E-state index in [4.69, 9.17) is 19.0 Å². The number of carbonyl (C=O) groups is 2. The Hall–Kier alpha value is -2.19. The normalized spacial score (nSPS) is 14.4. The van der Waals surface area contributed by atoms with Crippen molar-refractivity contribution in [1.82, 2.24) is 9.78 Å². The Labute approximate surface area is 259 Å². The van der Waals surface area contributed by atoms with Crippen LogP contribution in [0.4, 0.5) is 0 Å². The van der Waals surface area contributed by atoms with Gasteiger partial charge in [0.15, 0.2) is 8.32 Å². The van der Waals surface area contributed by atoms with E-state index >= 15 is 0 Å². The van der Waals surface area contributed by atoms with Crippen molar-refractivity contribution in [3.05, 3.63) is 35.2 Å². The molecule has 0 saturated carbocycles. The zero-order valence-corrected chi connectivity index (χ0v) is 29.1. The van der Waals surface area contributed by atoms with Gasteiger partial charge in [0.2, 0.25) is 0 Å². The molecule has 0 amide bonds. The van der Waals surface area contributed by atoms with Gasteiger partial charge in [-0.2, -0.15) is 5.10 Å². The quantitative estimate of drug-likeness (QED) is 0.0602. The third-order valence-electron chi connectivity index (χ3n) is 8.05. The Morgan fingerprint density at radius 2 is 1.79 bits per heavy atom. The van der Waals surface area contributed by atoms with Crippen LogP contribution >= 0.6 is 0 Å². The topological polar surface area (TPSA) is 79.7 Å². The van der Waals surface area contributed by atoms with Crippen molar-refractivity contribution < 1.29 is 24.9 Å². The number of methoxy groups -OCH3 is 1. The smallest absolute Gasteiger partial charge is 0.305 e. The van der Waals surface area contributed by atoms with Crippen LogP contribution in [0.3, 0.4) is 0 Å². The summed E-state index contributed by atoms with van der Waals surface area (Å²) >= 11 is 0. The Kier molecular flexibility index (Phi) is 17.1. The summed E-state index contributed by atoms with van der Waals surface area (Å²) in [6, 6.07) is 0. The van der Waals surface area contributed by atoms with Gasteiger partial charge in [0.25, 0.3) is 0 Å². The van der Waals surface area contributed by atoms with Gasteiger partial charge in [0, 0.05) is 31.1 Å². The van der Waals surface area contributed by atoms with Crippen LogP contribution in [0, 0.1) is 6.92 Å². The number of aryl methyl sites for hydroxylation is 1. The molecule has 0 saturated heterocycles. The number of esters is 2. The summed E-state index contributed by atoms with van der Waals surface area (Å²) in [6.45, 7) is 18.1. The number of unbranched alkanes of at least 4 members (excludes halogenated alkanes) is 6. The highest BCUT2D eigenvalue weighted by Crippen LogP contribution is 2.38. The predicted octanol–water partition coefficient (Wildman–Crippen LogP) is 8.74. The van der Waals surface area contributed by atoms with Gasteiger partial charge in [-0.25, -0.2) is 0 Å². The first-order chi connectivity index (χ1) is 20.2. The van der Waals surface area contributed by atoms with E-state index in [1.165, 1.54) is 14.0 Å². The number of hydrogen-bond donors (Lipinski definition) is 0. The molecule has 1 atom stereocenters. The number of aromatic nitrogens is 2. The molecule has 0 aromatic carbocycles. The first-order valence-corrected chi connectivity index (χ1v) is 18.9. The van der Waals surface area contributed by atoms with Gasteiger partial charge in [0.1, 0.15) is 0 Å². The minimum Gasteiger partial charge on any atom is -0.469 e. The summed E-state index contributed by atoms with van der Waals surface area (Å²) in [6.07, 6.45) is 17.5. The Morgan fingerprint density at radius 3 is 2.43 bits per heavy atom. The van der Waals surface area contributed by atoms with E-state index in [1.54, 1.807) is 0 Å². The van der Waals surface area contributed by atoms with E-state index in [2.05, 4.69) is 64.5 Å². The van der Waals surface area contributed by atoms with Crippen LogP contribution in [0.1, 0.15) is 124 Å². The lowest BCUT2D eigenvalue weighted by Gasteiger charge is -2.38. The average molecular weight is 607 g/mol. The molecule has 1 unspecified atom stereocenters. The lowest BCUT2D eigenvalue weighted by molar-refractivity contribution is -0.141. The average Bonchev–Trinajstić information content (AvgIpc) is 3.21. The Morgan fingerprint density at radius 1 is 1.07 bits per heavy atom. The molecule has 8 heteroatoms.